The first-order valence-corrected chi connectivity index (χ1v) is 9.02. The van der Waals surface area contributed by atoms with Crippen LogP contribution < -0.4 is 10.2 Å². The summed E-state index contributed by atoms with van der Waals surface area (Å²) in [7, 11) is 0. The van der Waals surface area contributed by atoms with Gasteiger partial charge in [-0.2, -0.15) is 0 Å². The molecule has 2 N–H and O–H groups in total. The van der Waals surface area contributed by atoms with Crippen LogP contribution in [0.4, 0.5) is 5.69 Å². The van der Waals surface area contributed by atoms with E-state index in [-0.39, 0.29) is 11.9 Å². The highest BCUT2D eigenvalue weighted by Crippen LogP contribution is 2.18. The molecule has 0 spiro atoms. The number of hydrogen-bond acceptors (Lipinski definition) is 1. The Morgan fingerprint density at radius 2 is 1.88 bits per heavy atom. The average Bonchev–Trinajstić information content (AvgIpc) is 2.65. The van der Waals surface area contributed by atoms with E-state index in [1.54, 1.807) is 0 Å². The zero-order valence-electron chi connectivity index (χ0n) is 15.3. The van der Waals surface area contributed by atoms with Crippen molar-refractivity contribution in [2.24, 2.45) is 0 Å². The van der Waals surface area contributed by atoms with E-state index >= 15 is 0 Å². The number of carbonyl (C=O) groups is 1. The van der Waals surface area contributed by atoms with Crippen molar-refractivity contribution in [2.45, 2.75) is 33.2 Å². The summed E-state index contributed by atoms with van der Waals surface area (Å²) in [5, 5.41) is 3.11. The summed E-state index contributed by atoms with van der Waals surface area (Å²) >= 11 is 0. The van der Waals surface area contributed by atoms with Crippen molar-refractivity contribution >= 4 is 17.2 Å². The molecular weight excluding hydrogens is 308 g/mol. The Bertz CT molecular complexity index is 780. The van der Waals surface area contributed by atoms with Crippen molar-refractivity contribution in [2.75, 3.05) is 18.4 Å². The second-order valence-corrected chi connectivity index (χ2v) is 6.99. The number of benzene rings is 2. The number of rotatable bonds is 4. The van der Waals surface area contributed by atoms with Crippen LogP contribution in [0.5, 0.6) is 0 Å². The van der Waals surface area contributed by atoms with Gasteiger partial charge in [0.1, 0.15) is 0 Å². The molecule has 0 bridgehead atoms. The van der Waals surface area contributed by atoms with Crippen LogP contribution in [0, 0.1) is 13.8 Å². The lowest BCUT2D eigenvalue weighted by Gasteiger charge is -2.28. The lowest BCUT2D eigenvalue weighted by atomic mass is 9.99. The zero-order valence-corrected chi connectivity index (χ0v) is 15.3. The summed E-state index contributed by atoms with van der Waals surface area (Å²) in [4.78, 5) is 14.0. The van der Waals surface area contributed by atoms with E-state index in [4.69, 9.17) is 0 Å². The molecule has 2 aromatic carbocycles. The second-order valence-electron chi connectivity index (χ2n) is 6.99. The Morgan fingerprint density at radius 3 is 2.56 bits per heavy atom. The van der Waals surface area contributed by atoms with E-state index in [2.05, 4.69) is 47.8 Å². The van der Waals surface area contributed by atoms with Crippen LogP contribution in [0.25, 0.3) is 5.57 Å². The largest absolute Gasteiger partial charge is 0.321 e. The van der Waals surface area contributed by atoms with Gasteiger partial charge in [-0.25, -0.2) is 0 Å². The molecule has 1 heterocycles. The lowest BCUT2D eigenvalue weighted by Crippen LogP contribution is -3.17. The normalized spacial score (nSPS) is 18.4. The maximum Gasteiger partial charge on any atom is 0.282 e. The smallest absolute Gasteiger partial charge is 0.282 e. The molecule has 25 heavy (non-hydrogen) atoms. The fourth-order valence-electron chi connectivity index (χ4n) is 3.36. The summed E-state index contributed by atoms with van der Waals surface area (Å²) in [6.07, 6.45) is 3.30. The van der Waals surface area contributed by atoms with Gasteiger partial charge in [0.05, 0.1) is 13.1 Å². The molecule has 3 nitrogen and oxygen atoms in total. The van der Waals surface area contributed by atoms with E-state index in [1.807, 2.05) is 32.9 Å². The van der Waals surface area contributed by atoms with Crippen molar-refractivity contribution in [3.63, 3.8) is 0 Å². The predicted octanol–water partition coefficient (Wildman–Crippen LogP) is 3.00. The molecule has 1 amide bonds. The SMILES string of the molecule is Cc1ccc(C)c(NC(=O)[C@H](C)[NH+]2CC=C(c3ccccc3)CC2)c1. The molecule has 0 radical (unpaired) electrons. The van der Waals surface area contributed by atoms with Crippen LogP contribution in [0.2, 0.25) is 0 Å². The average molecular weight is 335 g/mol. The number of hydrogen-bond donors (Lipinski definition) is 2. The van der Waals surface area contributed by atoms with Gasteiger partial charge < -0.3 is 10.2 Å². The molecule has 130 valence electrons. The number of aryl methyl sites for hydroxylation is 2. The van der Waals surface area contributed by atoms with Gasteiger partial charge in [0, 0.05) is 12.1 Å². The van der Waals surface area contributed by atoms with Crippen molar-refractivity contribution in [1.82, 2.24) is 0 Å². The monoisotopic (exact) mass is 335 g/mol. The highest BCUT2D eigenvalue weighted by Gasteiger charge is 2.27. The number of nitrogens with one attached hydrogen (secondary N) is 2. The van der Waals surface area contributed by atoms with Crippen LogP contribution >= 0.6 is 0 Å². The van der Waals surface area contributed by atoms with Crippen LogP contribution in [-0.2, 0) is 4.79 Å². The van der Waals surface area contributed by atoms with E-state index in [0.717, 1.165) is 36.3 Å². The summed E-state index contributed by atoms with van der Waals surface area (Å²) in [6.45, 7) is 7.98. The second kappa shape index (κ2) is 7.66. The van der Waals surface area contributed by atoms with E-state index in [1.165, 1.54) is 16.0 Å². The topological polar surface area (TPSA) is 33.5 Å². The van der Waals surface area contributed by atoms with Gasteiger partial charge >= 0.3 is 0 Å². The molecule has 3 rings (SSSR count). The van der Waals surface area contributed by atoms with Crippen molar-refractivity contribution in [3.05, 3.63) is 71.3 Å². The Hall–Kier alpha value is -2.39. The molecule has 0 saturated heterocycles. The third kappa shape index (κ3) is 4.18. The fourth-order valence-corrected chi connectivity index (χ4v) is 3.36. The molecular formula is C22H27N2O+. The number of carbonyl (C=O) groups excluding carboxylic acids is 1. The molecule has 1 aliphatic heterocycles. The first-order valence-electron chi connectivity index (χ1n) is 9.02. The molecule has 0 fully saturated rings. The molecule has 0 aliphatic carbocycles. The van der Waals surface area contributed by atoms with Crippen LogP contribution in [0.1, 0.15) is 30.0 Å². The van der Waals surface area contributed by atoms with E-state index in [0.29, 0.717) is 0 Å². The summed E-state index contributed by atoms with van der Waals surface area (Å²) in [5.74, 6) is 0.0975. The molecule has 2 aromatic rings. The van der Waals surface area contributed by atoms with Crippen LogP contribution in [0.3, 0.4) is 0 Å². The summed E-state index contributed by atoms with van der Waals surface area (Å²) in [5.41, 5.74) is 5.88. The number of quaternary nitrogens is 1. The molecule has 1 aliphatic rings. The maximum atomic E-state index is 12.7. The van der Waals surface area contributed by atoms with Crippen molar-refractivity contribution in [1.29, 1.82) is 0 Å². The van der Waals surface area contributed by atoms with Gasteiger partial charge in [-0.3, -0.25) is 4.79 Å². The molecule has 1 unspecified atom stereocenters. The predicted molar refractivity (Wildman–Crippen MR) is 104 cm³/mol. The lowest BCUT2D eigenvalue weighted by molar-refractivity contribution is -0.909. The number of anilines is 1. The van der Waals surface area contributed by atoms with Gasteiger partial charge in [0.25, 0.3) is 5.91 Å². The standard InChI is InChI=1S/C22H26N2O/c1-16-9-10-17(2)21(15-16)23-22(25)18(3)24-13-11-20(12-14-24)19-7-5-4-6-8-19/h4-11,15,18H,12-14H2,1-3H3,(H,23,25)/p+1/t18-/m0/s1. The Balaban J connectivity index is 1.64. The Morgan fingerprint density at radius 1 is 1.12 bits per heavy atom. The quantitative estimate of drug-likeness (QED) is 0.885. The van der Waals surface area contributed by atoms with Crippen LogP contribution in [0.15, 0.2) is 54.6 Å². The Labute approximate surface area is 150 Å². The van der Waals surface area contributed by atoms with Crippen molar-refractivity contribution in [3.8, 4) is 0 Å². The minimum atomic E-state index is -0.0616. The summed E-state index contributed by atoms with van der Waals surface area (Å²) in [6, 6.07) is 16.6. The zero-order chi connectivity index (χ0) is 17.8. The van der Waals surface area contributed by atoms with E-state index < -0.39 is 0 Å². The first kappa shape index (κ1) is 17.4. The third-order valence-electron chi connectivity index (χ3n) is 5.13. The van der Waals surface area contributed by atoms with Crippen molar-refractivity contribution < 1.29 is 9.69 Å². The van der Waals surface area contributed by atoms with Gasteiger partial charge in [-0.05, 0) is 55.2 Å². The molecule has 0 saturated carbocycles. The molecule has 2 atom stereocenters. The fraction of sp³-hybridized carbons (Fsp3) is 0.318. The van der Waals surface area contributed by atoms with Crippen LogP contribution in [-0.4, -0.2) is 25.0 Å². The maximum absolute atomic E-state index is 12.7. The Kier molecular flexibility index (Phi) is 5.34. The third-order valence-corrected chi connectivity index (χ3v) is 5.13. The van der Waals surface area contributed by atoms with Gasteiger partial charge in [0.15, 0.2) is 6.04 Å². The molecule has 0 aromatic heterocycles. The number of amides is 1. The first-order chi connectivity index (χ1) is 12.0. The molecule has 3 heteroatoms. The highest BCUT2D eigenvalue weighted by molar-refractivity contribution is 5.94. The van der Waals surface area contributed by atoms with Gasteiger partial charge in [-0.1, -0.05) is 42.5 Å². The summed E-state index contributed by atoms with van der Waals surface area (Å²) < 4.78 is 0. The minimum absolute atomic E-state index is 0.0616. The van der Waals surface area contributed by atoms with Gasteiger partial charge in [0.2, 0.25) is 0 Å². The highest BCUT2D eigenvalue weighted by atomic mass is 16.2. The minimum Gasteiger partial charge on any atom is -0.321 e. The van der Waals surface area contributed by atoms with E-state index in [9.17, 15) is 4.79 Å². The van der Waals surface area contributed by atoms with Gasteiger partial charge in [-0.15, -0.1) is 0 Å².